The summed E-state index contributed by atoms with van der Waals surface area (Å²) in [5, 5.41) is 9.96. The van der Waals surface area contributed by atoms with E-state index in [0.717, 1.165) is 23.1 Å². The van der Waals surface area contributed by atoms with Gasteiger partial charge in [-0.15, -0.1) is 0 Å². The highest BCUT2D eigenvalue weighted by Gasteiger charge is 2.19. The summed E-state index contributed by atoms with van der Waals surface area (Å²) in [5.41, 5.74) is 0.430. The summed E-state index contributed by atoms with van der Waals surface area (Å²) in [6.45, 7) is 6.22. The molecule has 1 unspecified atom stereocenters. The number of hydrogen-bond acceptors (Lipinski definition) is 2. The van der Waals surface area contributed by atoms with Gasteiger partial charge in [0, 0.05) is 4.47 Å². The fourth-order valence-corrected chi connectivity index (χ4v) is 1.87. The van der Waals surface area contributed by atoms with Crippen LogP contribution in [0.1, 0.15) is 32.3 Å². The monoisotopic (exact) mass is 286 g/mol. The molecule has 0 radical (unpaired) electrons. The highest BCUT2D eigenvalue weighted by atomic mass is 79.9. The average molecular weight is 287 g/mol. The third kappa shape index (κ3) is 4.14. The first-order chi connectivity index (χ1) is 7.44. The molecule has 1 aromatic rings. The lowest BCUT2D eigenvalue weighted by atomic mass is 10.0. The molecule has 0 spiro atoms. The van der Waals surface area contributed by atoms with Crippen LogP contribution >= 0.6 is 15.9 Å². The minimum Gasteiger partial charge on any atom is -0.491 e. The summed E-state index contributed by atoms with van der Waals surface area (Å²) in [6, 6.07) is 5.84. The molecule has 0 saturated heterocycles. The van der Waals surface area contributed by atoms with Crippen LogP contribution in [0.2, 0.25) is 0 Å². The normalized spacial score (nSPS) is 14.6. The summed E-state index contributed by atoms with van der Waals surface area (Å²) in [5.74, 6) is 0.786. The fourth-order valence-electron chi connectivity index (χ4n) is 1.51. The van der Waals surface area contributed by atoms with Crippen LogP contribution in [-0.2, 0) is 0 Å². The second-order valence-corrected chi connectivity index (χ2v) is 5.30. The standard InChI is InChI=1S/C13H19BrO2/c1-4-7-13(3,15)9-16-11-6-5-10(2)12(14)8-11/h5-6,8,15H,4,7,9H2,1-3H3. The Bertz CT molecular complexity index is 348. The highest BCUT2D eigenvalue weighted by Crippen LogP contribution is 2.23. The Kier molecular flexibility index (Phi) is 4.81. The molecule has 0 aliphatic carbocycles. The van der Waals surface area contributed by atoms with Gasteiger partial charge < -0.3 is 9.84 Å². The van der Waals surface area contributed by atoms with Crippen LogP contribution in [0.5, 0.6) is 5.75 Å². The van der Waals surface area contributed by atoms with Crippen LogP contribution in [0, 0.1) is 6.92 Å². The van der Waals surface area contributed by atoms with Crippen molar-refractivity contribution in [3.05, 3.63) is 28.2 Å². The van der Waals surface area contributed by atoms with E-state index in [9.17, 15) is 5.11 Å². The zero-order chi connectivity index (χ0) is 12.2. The second-order valence-electron chi connectivity index (χ2n) is 4.45. The minimum absolute atomic E-state index is 0.330. The smallest absolute Gasteiger partial charge is 0.120 e. The van der Waals surface area contributed by atoms with Crippen molar-refractivity contribution in [3.8, 4) is 5.75 Å². The summed E-state index contributed by atoms with van der Waals surface area (Å²) in [4.78, 5) is 0. The van der Waals surface area contributed by atoms with Gasteiger partial charge in [0.2, 0.25) is 0 Å². The van der Waals surface area contributed by atoms with Gasteiger partial charge in [-0.25, -0.2) is 0 Å². The summed E-state index contributed by atoms with van der Waals surface area (Å²) in [6.07, 6.45) is 1.70. The van der Waals surface area contributed by atoms with Gasteiger partial charge in [0.15, 0.2) is 0 Å². The molecule has 0 heterocycles. The molecule has 0 saturated carbocycles. The maximum atomic E-state index is 9.96. The van der Waals surface area contributed by atoms with Crippen molar-refractivity contribution in [3.63, 3.8) is 0 Å². The highest BCUT2D eigenvalue weighted by molar-refractivity contribution is 9.10. The van der Waals surface area contributed by atoms with Gasteiger partial charge in [-0.3, -0.25) is 0 Å². The van der Waals surface area contributed by atoms with Gasteiger partial charge in [0.25, 0.3) is 0 Å². The number of aryl methyl sites for hydroxylation is 1. The fraction of sp³-hybridized carbons (Fsp3) is 0.538. The number of hydrogen-bond donors (Lipinski definition) is 1. The molecule has 1 N–H and O–H groups in total. The van der Waals surface area contributed by atoms with Gasteiger partial charge >= 0.3 is 0 Å². The van der Waals surface area contributed by atoms with Crippen LogP contribution in [0.15, 0.2) is 22.7 Å². The van der Waals surface area contributed by atoms with E-state index in [4.69, 9.17) is 4.74 Å². The molecule has 0 amide bonds. The Morgan fingerprint density at radius 3 is 2.69 bits per heavy atom. The summed E-state index contributed by atoms with van der Waals surface area (Å²) < 4.78 is 6.61. The predicted molar refractivity (Wildman–Crippen MR) is 69.9 cm³/mol. The van der Waals surface area contributed by atoms with Crippen LogP contribution in [0.3, 0.4) is 0 Å². The van der Waals surface area contributed by atoms with Gasteiger partial charge in [0.05, 0.1) is 5.60 Å². The molecule has 16 heavy (non-hydrogen) atoms. The zero-order valence-corrected chi connectivity index (χ0v) is 11.7. The first-order valence-corrected chi connectivity index (χ1v) is 6.35. The molecule has 0 aliphatic rings. The quantitative estimate of drug-likeness (QED) is 0.895. The van der Waals surface area contributed by atoms with Crippen molar-refractivity contribution in [1.82, 2.24) is 0 Å². The molecule has 0 aromatic heterocycles. The van der Waals surface area contributed by atoms with E-state index in [1.165, 1.54) is 5.56 Å². The Hall–Kier alpha value is -0.540. The summed E-state index contributed by atoms with van der Waals surface area (Å²) in [7, 11) is 0. The van der Waals surface area contributed by atoms with E-state index in [-0.39, 0.29) is 0 Å². The number of ether oxygens (including phenoxy) is 1. The first-order valence-electron chi connectivity index (χ1n) is 5.56. The van der Waals surface area contributed by atoms with Crippen LogP contribution in [0.4, 0.5) is 0 Å². The second kappa shape index (κ2) is 5.69. The van der Waals surface area contributed by atoms with E-state index in [1.54, 1.807) is 6.92 Å². The first kappa shape index (κ1) is 13.5. The lowest BCUT2D eigenvalue weighted by Crippen LogP contribution is -2.31. The Balaban J connectivity index is 2.57. The average Bonchev–Trinajstić information content (AvgIpc) is 2.20. The van der Waals surface area contributed by atoms with Gasteiger partial charge in [-0.05, 0) is 38.0 Å². The van der Waals surface area contributed by atoms with Crippen molar-refractivity contribution in [2.45, 2.75) is 39.2 Å². The van der Waals surface area contributed by atoms with Crippen molar-refractivity contribution in [1.29, 1.82) is 0 Å². The number of aliphatic hydroxyl groups is 1. The van der Waals surface area contributed by atoms with E-state index < -0.39 is 5.60 Å². The van der Waals surface area contributed by atoms with Gasteiger partial charge in [-0.2, -0.15) is 0 Å². The molecular weight excluding hydrogens is 268 g/mol. The van der Waals surface area contributed by atoms with Crippen LogP contribution in [-0.4, -0.2) is 17.3 Å². The van der Waals surface area contributed by atoms with Gasteiger partial charge in [-0.1, -0.05) is 35.3 Å². The molecule has 1 aromatic carbocycles. The molecule has 0 bridgehead atoms. The van der Waals surface area contributed by atoms with Crippen molar-refractivity contribution < 1.29 is 9.84 Å². The molecule has 3 heteroatoms. The van der Waals surface area contributed by atoms with Crippen molar-refractivity contribution in [2.24, 2.45) is 0 Å². The number of halogens is 1. The predicted octanol–water partition coefficient (Wildman–Crippen LogP) is 3.69. The summed E-state index contributed by atoms with van der Waals surface area (Å²) >= 11 is 3.45. The molecule has 1 atom stereocenters. The number of rotatable bonds is 5. The molecule has 90 valence electrons. The van der Waals surface area contributed by atoms with E-state index in [1.807, 2.05) is 25.1 Å². The SMILES string of the molecule is CCCC(C)(O)COc1ccc(C)c(Br)c1. The number of benzene rings is 1. The molecular formula is C13H19BrO2. The van der Waals surface area contributed by atoms with E-state index >= 15 is 0 Å². The van der Waals surface area contributed by atoms with E-state index in [0.29, 0.717) is 6.61 Å². The molecule has 2 nitrogen and oxygen atoms in total. The van der Waals surface area contributed by atoms with Crippen LogP contribution < -0.4 is 4.74 Å². The minimum atomic E-state index is -0.744. The Morgan fingerprint density at radius 1 is 1.44 bits per heavy atom. The maximum absolute atomic E-state index is 9.96. The molecule has 0 fully saturated rings. The Labute approximate surface area is 106 Å². The third-order valence-electron chi connectivity index (χ3n) is 2.48. The topological polar surface area (TPSA) is 29.5 Å². The van der Waals surface area contributed by atoms with E-state index in [2.05, 4.69) is 22.9 Å². The van der Waals surface area contributed by atoms with Crippen LogP contribution in [0.25, 0.3) is 0 Å². The Morgan fingerprint density at radius 2 is 2.12 bits per heavy atom. The largest absolute Gasteiger partial charge is 0.491 e. The van der Waals surface area contributed by atoms with Gasteiger partial charge in [0.1, 0.15) is 12.4 Å². The third-order valence-corrected chi connectivity index (χ3v) is 3.34. The molecule has 0 aliphatic heterocycles. The lowest BCUT2D eigenvalue weighted by Gasteiger charge is -2.22. The zero-order valence-electron chi connectivity index (χ0n) is 10.1. The lowest BCUT2D eigenvalue weighted by molar-refractivity contribution is 0.00382. The van der Waals surface area contributed by atoms with Crippen molar-refractivity contribution >= 4 is 15.9 Å². The van der Waals surface area contributed by atoms with Crippen molar-refractivity contribution in [2.75, 3.05) is 6.61 Å². The maximum Gasteiger partial charge on any atom is 0.120 e. The molecule has 1 rings (SSSR count).